The van der Waals surface area contributed by atoms with E-state index >= 15 is 0 Å². The number of nitrogens with zero attached hydrogens (tertiary/aromatic N) is 2. The van der Waals surface area contributed by atoms with Crippen LogP contribution in [0.15, 0.2) is 51.1 Å². The predicted molar refractivity (Wildman–Crippen MR) is 107 cm³/mol. The number of hydrogen-bond acceptors (Lipinski definition) is 8. The summed E-state index contributed by atoms with van der Waals surface area (Å²) >= 11 is 6.15. The highest BCUT2D eigenvalue weighted by Crippen LogP contribution is 2.32. The van der Waals surface area contributed by atoms with Gasteiger partial charge in [0.1, 0.15) is 15.7 Å². The van der Waals surface area contributed by atoms with Crippen molar-refractivity contribution in [1.29, 1.82) is 0 Å². The van der Waals surface area contributed by atoms with Gasteiger partial charge in [0.15, 0.2) is 14.9 Å². The molecule has 3 aromatic rings. The summed E-state index contributed by atoms with van der Waals surface area (Å²) in [4.78, 5) is 20.5. The van der Waals surface area contributed by atoms with Crippen LogP contribution in [-0.4, -0.2) is 34.9 Å². The van der Waals surface area contributed by atoms with Crippen LogP contribution in [0.2, 0.25) is 0 Å². The highest BCUT2D eigenvalue weighted by molar-refractivity contribution is 8.26. The molecule has 27 heavy (non-hydrogen) atoms. The van der Waals surface area contributed by atoms with Crippen molar-refractivity contribution in [2.75, 3.05) is 6.26 Å². The monoisotopic (exact) mass is 417 g/mol. The Hall–Kier alpha value is -2.56. The van der Waals surface area contributed by atoms with Crippen LogP contribution in [-0.2, 0) is 14.6 Å². The van der Waals surface area contributed by atoms with Crippen molar-refractivity contribution in [2.45, 2.75) is 5.03 Å². The van der Waals surface area contributed by atoms with Crippen molar-refractivity contribution >= 4 is 61.1 Å². The minimum Gasteiger partial charge on any atom is -0.456 e. The van der Waals surface area contributed by atoms with E-state index in [0.29, 0.717) is 31.7 Å². The summed E-state index contributed by atoms with van der Waals surface area (Å²) in [5.41, 5.74) is 1.91. The van der Waals surface area contributed by atoms with Crippen LogP contribution >= 0.6 is 24.0 Å². The number of carbonyl (C=O) groups excluding carboxylic acids is 1. The van der Waals surface area contributed by atoms with Crippen molar-refractivity contribution in [3.8, 4) is 11.1 Å². The van der Waals surface area contributed by atoms with Gasteiger partial charge in [0.25, 0.3) is 5.91 Å². The Morgan fingerprint density at radius 2 is 2.07 bits per heavy atom. The second-order valence-electron chi connectivity index (χ2n) is 5.76. The summed E-state index contributed by atoms with van der Waals surface area (Å²) in [6.45, 7) is 0. The standard InChI is InChI=1S/C17H11N3O4S3/c1-27(22,23)14-3-2-9(7-19-14)12-8-18-6-10-4-11(24-15(10)12)5-13-16(21)20-17(25)26-13/h2-8H,1H3,(H,20,21,25). The van der Waals surface area contributed by atoms with Crippen molar-refractivity contribution in [3.63, 3.8) is 0 Å². The van der Waals surface area contributed by atoms with E-state index in [1.54, 1.807) is 30.6 Å². The molecular weight excluding hydrogens is 406 g/mol. The molecule has 1 saturated heterocycles. The number of amides is 1. The molecule has 1 aliphatic heterocycles. The molecule has 1 amide bonds. The number of nitrogens with one attached hydrogen (secondary N) is 1. The lowest BCUT2D eigenvalue weighted by Crippen LogP contribution is -2.17. The molecule has 0 aromatic carbocycles. The quantitative estimate of drug-likeness (QED) is 0.513. The van der Waals surface area contributed by atoms with E-state index in [9.17, 15) is 13.2 Å². The van der Waals surface area contributed by atoms with E-state index in [2.05, 4.69) is 15.3 Å². The normalized spacial score (nSPS) is 16.3. The first kappa shape index (κ1) is 17.8. The Bertz CT molecular complexity index is 1230. The van der Waals surface area contributed by atoms with Crippen molar-refractivity contribution in [1.82, 2.24) is 15.3 Å². The molecule has 7 nitrogen and oxygen atoms in total. The van der Waals surface area contributed by atoms with E-state index < -0.39 is 9.84 Å². The second-order valence-corrected chi connectivity index (χ2v) is 9.45. The Balaban J connectivity index is 1.77. The summed E-state index contributed by atoms with van der Waals surface area (Å²) in [6.07, 6.45) is 7.45. The summed E-state index contributed by atoms with van der Waals surface area (Å²) in [5.74, 6) is 0.228. The van der Waals surface area contributed by atoms with Crippen LogP contribution in [0.25, 0.3) is 28.2 Å². The molecule has 0 aliphatic carbocycles. The molecule has 1 aliphatic rings. The SMILES string of the molecule is CS(=O)(=O)c1ccc(-c2cncc3cc(C=C4SC(=S)NC4=O)oc23)cn1. The molecule has 3 aromatic heterocycles. The van der Waals surface area contributed by atoms with E-state index in [4.69, 9.17) is 16.6 Å². The van der Waals surface area contributed by atoms with Crippen LogP contribution < -0.4 is 5.32 Å². The fraction of sp³-hybridized carbons (Fsp3) is 0.0588. The summed E-state index contributed by atoms with van der Waals surface area (Å²) in [7, 11) is -3.37. The lowest BCUT2D eigenvalue weighted by atomic mass is 10.1. The first-order chi connectivity index (χ1) is 12.8. The number of thiocarbonyl (C=S) groups is 1. The summed E-state index contributed by atoms with van der Waals surface area (Å²) < 4.78 is 29.4. The number of sulfone groups is 1. The topological polar surface area (TPSA) is 102 Å². The third-order valence-electron chi connectivity index (χ3n) is 3.78. The van der Waals surface area contributed by atoms with E-state index in [1.165, 1.54) is 24.0 Å². The summed E-state index contributed by atoms with van der Waals surface area (Å²) in [5, 5.41) is 3.30. The molecule has 1 N–H and O–H groups in total. The van der Waals surface area contributed by atoms with Crippen molar-refractivity contribution in [3.05, 3.63) is 47.5 Å². The number of pyridine rings is 2. The molecule has 1 fully saturated rings. The number of rotatable bonds is 3. The van der Waals surface area contributed by atoms with Gasteiger partial charge in [0.2, 0.25) is 0 Å². The zero-order valence-corrected chi connectivity index (χ0v) is 16.2. The number of furan rings is 1. The third kappa shape index (κ3) is 3.51. The molecule has 0 saturated carbocycles. The Labute approximate surface area is 163 Å². The molecule has 4 rings (SSSR count). The minimum absolute atomic E-state index is 0.00325. The smallest absolute Gasteiger partial charge is 0.263 e. The number of carbonyl (C=O) groups is 1. The lowest BCUT2D eigenvalue weighted by molar-refractivity contribution is -0.115. The molecule has 0 spiro atoms. The van der Waals surface area contributed by atoms with E-state index in [0.717, 1.165) is 11.6 Å². The van der Waals surface area contributed by atoms with Gasteiger partial charge in [0.05, 0.1) is 4.91 Å². The zero-order valence-electron chi connectivity index (χ0n) is 13.8. The van der Waals surface area contributed by atoms with Crippen molar-refractivity contribution in [2.24, 2.45) is 0 Å². The second kappa shape index (κ2) is 6.55. The zero-order chi connectivity index (χ0) is 19.2. The minimum atomic E-state index is -3.37. The average Bonchev–Trinajstić information content (AvgIpc) is 3.16. The predicted octanol–water partition coefficient (Wildman–Crippen LogP) is 2.78. The van der Waals surface area contributed by atoms with Gasteiger partial charge in [-0.05, 0) is 18.2 Å². The molecule has 0 radical (unpaired) electrons. The molecule has 136 valence electrons. The number of aromatic nitrogens is 2. The van der Waals surface area contributed by atoms with Gasteiger partial charge < -0.3 is 9.73 Å². The van der Waals surface area contributed by atoms with Gasteiger partial charge in [-0.2, -0.15) is 0 Å². The Morgan fingerprint density at radius 3 is 2.70 bits per heavy atom. The average molecular weight is 417 g/mol. The molecule has 0 unspecified atom stereocenters. The molecule has 4 heterocycles. The highest BCUT2D eigenvalue weighted by Gasteiger charge is 2.23. The molecule has 10 heteroatoms. The van der Waals surface area contributed by atoms with E-state index in [1.807, 2.05) is 0 Å². The fourth-order valence-corrected chi connectivity index (χ4v) is 4.15. The molecule has 0 atom stereocenters. The van der Waals surface area contributed by atoms with Crippen LogP contribution in [0.3, 0.4) is 0 Å². The van der Waals surface area contributed by atoms with Gasteiger partial charge in [-0.3, -0.25) is 9.78 Å². The Morgan fingerprint density at radius 1 is 1.26 bits per heavy atom. The van der Waals surface area contributed by atoms with Crippen molar-refractivity contribution < 1.29 is 17.6 Å². The first-order valence-corrected chi connectivity index (χ1v) is 10.7. The number of hydrogen-bond donors (Lipinski definition) is 1. The lowest BCUT2D eigenvalue weighted by Gasteiger charge is -2.03. The maximum Gasteiger partial charge on any atom is 0.263 e. The maximum atomic E-state index is 11.8. The highest BCUT2D eigenvalue weighted by atomic mass is 32.2. The molecule has 0 bridgehead atoms. The fourth-order valence-electron chi connectivity index (χ4n) is 2.57. The van der Waals surface area contributed by atoms with Crippen LogP contribution in [0, 0.1) is 0 Å². The first-order valence-electron chi connectivity index (χ1n) is 7.60. The van der Waals surface area contributed by atoms with E-state index in [-0.39, 0.29) is 10.9 Å². The number of fused-ring (bicyclic) bond motifs is 1. The van der Waals surface area contributed by atoms with Gasteiger partial charge in [-0.1, -0.05) is 24.0 Å². The van der Waals surface area contributed by atoms with Gasteiger partial charge in [-0.25, -0.2) is 13.4 Å². The third-order valence-corrected chi connectivity index (χ3v) is 5.95. The van der Waals surface area contributed by atoms with Gasteiger partial charge in [0, 0.05) is 47.4 Å². The van der Waals surface area contributed by atoms with Gasteiger partial charge in [-0.15, -0.1) is 0 Å². The van der Waals surface area contributed by atoms with Gasteiger partial charge >= 0.3 is 0 Å². The maximum absolute atomic E-state index is 11.8. The summed E-state index contributed by atoms with van der Waals surface area (Å²) in [6, 6.07) is 4.86. The van der Waals surface area contributed by atoms with Crippen LogP contribution in [0.4, 0.5) is 0 Å². The molecular formula is C17H11N3O4S3. The Kier molecular flexibility index (Phi) is 4.33. The van der Waals surface area contributed by atoms with Crippen LogP contribution in [0.1, 0.15) is 5.76 Å². The largest absolute Gasteiger partial charge is 0.456 e. The van der Waals surface area contributed by atoms with Crippen LogP contribution in [0.5, 0.6) is 0 Å². The number of thioether (sulfide) groups is 1.